The third-order valence-electron chi connectivity index (χ3n) is 3.94. The van der Waals surface area contributed by atoms with E-state index in [4.69, 9.17) is 4.74 Å². The fourth-order valence-electron chi connectivity index (χ4n) is 2.67. The number of carbonyl (C=O) groups excluding carboxylic acids is 1. The standard InChI is InChI=1S/C20H18F2N2O3S/c1-26-16-8-4-2-6-13(16)10-11-18(25)24-20-23-15(12-28-20)14-7-3-5-9-17(14)27-19(21)22/h2-9,12,19H,10-11H2,1H3,(H,23,24,25). The highest BCUT2D eigenvalue weighted by atomic mass is 32.1. The molecule has 0 atom stereocenters. The third-order valence-corrected chi connectivity index (χ3v) is 4.70. The van der Waals surface area contributed by atoms with Gasteiger partial charge < -0.3 is 14.8 Å². The van der Waals surface area contributed by atoms with Gasteiger partial charge in [-0.15, -0.1) is 11.3 Å². The Labute approximate surface area is 164 Å². The van der Waals surface area contributed by atoms with Crippen LogP contribution in [0.5, 0.6) is 11.5 Å². The minimum absolute atomic E-state index is 0.0387. The van der Waals surface area contributed by atoms with Crippen LogP contribution in [0.2, 0.25) is 0 Å². The van der Waals surface area contributed by atoms with Gasteiger partial charge in [0.05, 0.1) is 12.8 Å². The molecule has 0 saturated heterocycles. The minimum atomic E-state index is -2.92. The molecule has 3 aromatic rings. The highest BCUT2D eigenvalue weighted by molar-refractivity contribution is 7.14. The SMILES string of the molecule is COc1ccccc1CCC(=O)Nc1nc(-c2ccccc2OC(F)F)cs1. The predicted molar refractivity (Wildman–Crippen MR) is 104 cm³/mol. The van der Waals surface area contributed by atoms with Gasteiger partial charge in [0.15, 0.2) is 5.13 Å². The number of nitrogens with zero attached hydrogens (tertiary/aromatic N) is 1. The normalized spacial score (nSPS) is 10.7. The second-order valence-corrected chi connectivity index (χ2v) is 6.63. The van der Waals surface area contributed by atoms with Gasteiger partial charge in [-0.05, 0) is 30.2 Å². The first-order valence-corrected chi connectivity index (χ1v) is 9.36. The molecule has 0 aliphatic rings. The Morgan fingerprint density at radius 2 is 1.86 bits per heavy atom. The molecule has 0 unspecified atom stereocenters. The Kier molecular flexibility index (Phi) is 6.54. The maximum absolute atomic E-state index is 12.6. The molecule has 3 rings (SSSR count). The van der Waals surface area contributed by atoms with Crippen molar-refractivity contribution in [2.45, 2.75) is 19.5 Å². The Balaban J connectivity index is 1.64. The number of carbonyl (C=O) groups is 1. The quantitative estimate of drug-likeness (QED) is 0.575. The summed E-state index contributed by atoms with van der Waals surface area (Å²) in [4.78, 5) is 16.5. The first-order valence-electron chi connectivity index (χ1n) is 8.48. The summed E-state index contributed by atoms with van der Waals surface area (Å²) in [6, 6.07) is 13.9. The van der Waals surface area contributed by atoms with E-state index in [2.05, 4.69) is 15.0 Å². The van der Waals surface area contributed by atoms with Crippen LogP contribution in [0.15, 0.2) is 53.9 Å². The van der Waals surface area contributed by atoms with Crippen LogP contribution in [0, 0.1) is 0 Å². The molecule has 2 aromatic carbocycles. The van der Waals surface area contributed by atoms with Crippen molar-refractivity contribution >= 4 is 22.4 Å². The number of hydrogen-bond donors (Lipinski definition) is 1. The van der Waals surface area contributed by atoms with E-state index >= 15 is 0 Å². The first kappa shape index (κ1) is 19.8. The molecule has 0 fully saturated rings. The number of amides is 1. The maximum Gasteiger partial charge on any atom is 0.387 e. The molecule has 0 aliphatic heterocycles. The number of methoxy groups -OCH3 is 1. The fourth-order valence-corrected chi connectivity index (χ4v) is 3.40. The van der Waals surface area contributed by atoms with Gasteiger partial charge in [0.25, 0.3) is 0 Å². The van der Waals surface area contributed by atoms with E-state index in [9.17, 15) is 13.6 Å². The monoisotopic (exact) mass is 404 g/mol. The lowest BCUT2D eigenvalue weighted by molar-refractivity contribution is -0.116. The highest BCUT2D eigenvalue weighted by Gasteiger charge is 2.14. The Hall–Kier alpha value is -3.00. The molecule has 1 heterocycles. The van der Waals surface area contributed by atoms with Crippen LogP contribution >= 0.6 is 11.3 Å². The van der Waals surface area contributed by atoms with Crippen molar-refractivity contribution in [1.29, 1.82) is 0 Å². The molecule has 0 saturated carbocycles. The number of hydrogen-bond acceptors (Lipinski definition) is 5. The van der Waals surface area contributed by atoms with E-state index in [1.807, 2.05) is 24.3 Å². The summed E-state index contributed by atoms with van der Waals surface area (Å²) in [5.74, 6) is 0.586. The van der Waals surface area contributed by atoms with Crippen molar-refractivity contribution < 1.29 is 23.0 Å². The Morgan fingerprint density at radius 1 is 1.14 bits per heavy atom. The molecule has 1 N–H and O–H groups in total. The van der Waals surface area contributed by atoms with E-state index < -0.39 is 6.61 Å². The summed E-state index contributed by atoms with van der Waals surface area (Å²) in [5.41, 5.74) is 1.84. The third kappa shape index (κ3) is 5.04. The lowest BCUT2D eigenvalue weighted by atomic mass is 10.1. The van der Waals surface area contributed by atoms with Gasteiger partial charge in [0.1, 0.15) is 11.5 Å². The summed E-state index contributed by atoms with van der Waals surface area (Å²) in [7, 11) is 1.59. The van der Waals surface area contributed by atoms with Crippen LogP contribution in [0.3, 0.4) is 0 Å². The summed E-state index contributed by atoms with van der Waals surface area (Å²) < 4.78 is 34.9. The largest absolute Gasteiger partial charge is 0.496 e. The number of anilines is 1. The van der Waals surface area contributed by atoms with Crippen molar-refractivity contribution in [2.75, 3.05) is 12.4 Å². The summed E-state index contributed by atoms with van der Waals surface area (Å²) >= 11 is 1.22. The second-order valence-electron chi connectivity index (χ2n) is 5.77. The highest BCUT2D eigenvalue weighted by Crippen LogP contribution is 2.33. The van der Waals surface area contributed by atoms with E-state index in [-0.39, 0.29) is 18.1 Å². The van der Waals surface area contributed by atoms with Gasteiger partial charge in [-0.2, -0.15) is 8.78 Å². The van der Waals surface area contributed by atoms with E-state index in [0.717, 1.165) is 11.3 Å². The number of aromatic nitrogens is 1. The van der Waals surface area contributed by atoms with Gasteiger partial charge in [-0.3, -0.25) is 4.79 Å². The number of nitrogens with one attached hydrogen (secondary N) is 1. The molecule has 5 nitrogen and oxygen atoms in total. The molecule has 0 bridgehead atoms. The molecule has 28 heavy (non-hydrogen) atoms. The van der Waals surface area contributed by atoms with Crippen LogP contribution < -0.4 is 14.8 Å². The molecular weight excluding hydrogens is 386 g/mol. The average molecular weight is 404 g/mol. The molecule has 8 heteroatoms. The molecule has 0 aliphatic carbocycles. The van der Waals surface area contributed by atoms with E-state index in [1.165, 1.54) is 17.4 Å². The number of alkyl halides is 2. The topological polar surface area (TPSA) is 60.5 Å². The second kappa shape index (κ2) is 9.27. The average Bonchev–Trinajstić information content (AvgIpc) is 3.14. The molecule has 0 spiro atoms. The first-order chi connectivity index (χ1) is 13.6. The number of halogens is 2. The van der Waals surface area contributed by atoms with Gasteiger partial charge in [0.2, 0.25) is 5.91 Å². The fraction of sp³-hybridized carbons (Fsp3) is 0.200. The smallest absolute Gasteiger partial charge is 0.387 e. The maximum atomic E-state index is 12.6. The number of para-hydroxylation sites is 2. The lowest BCUT2D eigenvalue weighted by Gasteiger charge is -2.08. The number of ether oxygens (including phenoxy) is 2. The summed E-state index contributed by atoms with van der Waals surface area (Å²) in [6.07, 6.45) is 0.791. The van der Waals surface area contributed by atoms with Gasteiger partial charge in [-0.1, -0.05) is 30.3 Å². The van der Waals surface area contributed by atoms with Crippen molar-refractivity contribution in [3.05, 3.63) is 59.5 Å². The zero-order valence-electron chi connectivity index (χ0n) is 15.0. The number of thiazole rings is 1. The van der Waals surface area contributed by atoms with Crippen LogP contribution in [-0.2, 0) is 11.2 Å². The lowest BCUT2D eigenvalue weighted by Crippen LogP contribution is -2.12. The minimum Gasteiger partial charge on any atom is -0.496 e. The summed E-state index contributed by atoms with van der Waals surface area (Å²) in [5, 5.41) is 4.82. The van der Waals surface area contributed by atoms with Crippen LogP contribution in [-0.4, -0.2) is 24.6 Å². The van der Waals surface area contributed by atoms with Crippen LogP contribution in [0.1, 0.15) is 12.0 Å². The predicted octanol–water partition coefficient (Wildman–Crippen LogP) is 4.99. The van der Waals surface area contributed by atoms with Crippen LogP contribution in [0.25, 0.3) is 11.3 Å². The number of rotatable bonds is 8. The van der Waals surface area contributed by atoms with Crippen molar-refractivity contribution in [2.24, 2.45) is 0 Å². The number of benzene rings is 2. The molecule has 146 valence electrons. The van der Waals surface area contributed by atoms with Gasteiger partial charge >= 0.3 is 6.61 Å². The summed E-state index contributed by atoms with van der Waals surface area (Å²) in [6.45, 7) is -2.92. The molecule has 0 radical (unpaired) electrons. The van der Waals surface area contributed by atoms with Crippen molar-refractivity contribution in [3.8, 4) is 22.8 Å². The molecule has 1 aromatic heterocycles. The Morgan fingerprint density at radius 3 is 2.61 bits per heavy atom. The molecule has 1 amide bonds. The van der Waals surface area contributed by atoms with Gasteiger partial charge in [-0.25, -0.2) is 4.98 Å². The van der Waals surface area contributed by atoms with E-state index in [0.29, 0.717) is 22.8 Å². The van der Waals surface area contributed by atoms with E-state index in [1.54, 1.807) is 30.7 Å². The van der Waals surface area contributed by atoms with Crippen molar-refractivity contribution in [3.63, 3.8) is 0 Å². The van der Waals surface area contributed by atoms with Gasteiger partial charge in [0, 0.05) is 17.4 Å². The zero-order chi connectivity index (χ0) is 19.9. The molecular formula is C20H18F2N2O3S. The Bertz CT molecular complexity index is 946. The van der Waals surface area contributed by atoms with Crippen LogP contribution in [0.4, 0.5) is 13.9 Å². The van der Waals surface area contributed by atoms with Crippen molar-refractivity contribution in [1.82, 2.24) is 4.98 Å². The zero-order valence-corrected chi connectivity index (χ0v) is 15.8. The number of aryl methyl sites for hydroxylation is 1.